The maximum Gasteiger partial charge on any atom is 0.241 e. The summed E-state index contributed by atoms with van der Waals surface area (Å²) in [5.41, 5.74) is 2.65. The van der Waals surface area contributed by atoms with Gasteiger partial charge in [0.05, 0.1) is 17.7 Å². The number of nitrogens with zero attached hydrogens (tertiary/aromatic N) is 1. The molecule has 3 fully saturated rings. The van der Waals surface area contributed by atoms with Gasteiger partial charge in [0.25, 0.3) is 0 Å². The predicted octanol–water partition coefficient (Wildman–Crippen LogP) is 6.51. The molecule has 0 radical (unpaired) electrons. The second kappa shape index (κ2) is 10.4. The summed E-state index contributed by atoms with van der Waals surface area (Å²) in [6.07, 6.45) is 3.15. The van der Waals surface area contributed by atoms with Crippen LogP contribution in [0.25, 0.3) is 0 Å². The monoisotopic (exact) mass is 620 g/mol. The van der Waals surface area contributed by atoms with Gasteiger partial charge in [-0.25, -0.2) is 12.7 Å². The number of amides is 1. The molecule has 3 aliphatic rings. The Bertz CT molecular complexity index is 1480. The largest absolute Gasteiger partial charge is 0.305 e. The van der Waals surface area contributed by atoms with Crippen LogP contribution in [0.4, 0.5) is 0 Å². The first-order valence-electron chi connectivity index (χ1n) is 14.2. The van der Waals surface area contributed by atoms with Crippen LogP contribution in [0.1, 0.15) is 55.8 Å². The fraction of sp³-hybridized carbons (Fsp3) is 0.424. The van der Waals surface area contributed by atoms with E-state index in [1.54, 1.807) is 0 Å². The third-order valence-corrected chi connectivity index (χ3v) is 12.7. The average Bonchev–Trinajstić information content (AvgIpc) is 3.42. The zero-order valence-corrected chi connectivity index (χ0v) is 25.5. The predicted molar refractivity (Wildman–Crippen MR) is 162 cm³/mol. The van der Waals surface area contributed by atoms with Gasteiger partial charge in [-0.05, 0) is 65.8 Å². The van der Waals surface area contributed by atoms with E-state index in [2.05, 4.69) is 47.2 Å². The zero-order chi connectivity index (χ0) is 28.1. The van der Waals surface area contributed by atoms with E-state index in [-0.39, 0.29) is 34.6 Å². The Morgan fingerprint density at radius 1 is 0.975 bits per heavy atom. The van der Waals surface area contributed by atoms with Gasteiger partial charge in [0.1, 0.15) is 0 Å². The van der Waals surface area contributed by atoms with Crippen molar-refractivity contribution in [3.63, 3.8) is 0 Å². The molecule has 1 saturated heterocycles. The second-order valence-electron chi connectivity index (χ2n) is 12.4. The lowest BCUT2D eigenvalue weighted by Gasteiger charge is -2.38. The van der Waals surface area contributed by atoms with Crippen LogP contribution in [0.3, 0.4) is 0 Å². The molecule has 5 atom stereocenters. The number of carbonyl (C=O) groups excluding carboxylic acids is 1. The molecule has 5 nitrogen and oxygen atoms in total. The standard InChI is InChI=1S/C33H37BrN2O3S/c1-32(2)26-17-18-33(32)22-40(38,39)36(29(33)20-26)31(37)28(19-23-9-5-3-6-10-23)30(25-13-15-27(34)16-14-25)35-21-24-11-7-4-8-12-24/h3-16,26,28-30,35H,17-22H2,1-2H3. The zero-order valence-electron chi connectivity index (χ0n) is 23.1. The van der Waals surface area contributed by atoms with Crippen molar-refractivity contribution in [1.29, 1.82) is 0 Å². The van der Waals surface area contributed by atoms with Crippen LogP contribution >= 0.6 is 15.9 Å². The number of nitrogens with one attached hydrogen (secondary N) is 1. The van der Waals surface area contributed by atoms with Crippen molar-refractivity contribution in [1.82, 2.24) is 9.62 Å². The van der Waals surface area contributed by atoms with E-state index >= 15 is 0 Å². The maximum absolute atomic E-state index is 14.8. The summed E-state index contributed by atoms with van der Waals surface area (Å²) in [6, 6.07) is 27.5. The lowest BCUT2D eigenvalue weighted by Crippen LogP contribution is -2.49. The number of hydrogen-bond donors (Lipinski definition) is 1. The number of sulfonamides is 1. The van der Waals surface area contributed by atoms with E-state index in [9.17, 15) is 13.2 Å². The van der Waals surface area contributed by atoms with Crippen molar-refractivity contribution < 1.29 is 13.2 Å². The molecule has 3 aromatic rings. The highest BCUT2D eigenvalue weighted by Crippen LogP contribution is 2.70. The number of rotatable bonds is 8. The van der Waals surface area contributed by atoms with Crippen LogP contribution < -0.4 is 5.32 Å². The lowest BCUT2D eigenvalue weighted by molar-refractivity contribution is -0.134. The van der Waals surface area contributed by atoms with Gasteiger partial charge in [-0.1, -0.05) is 103 Å². The van der Waals surface area contributed by atoms with Crippen molar-refractivity contribution in [3.8, 4) is 0 Å². The van der Waals surface area contributed by atoms with Crippen LogP contribution in [0.5, 0.6) is 0 Å². The Hall–Kier alpha value is -2.48. The van der Waals surface area contributed by atoms with E-state index in [1.807, 2.05) is 72.8 Å². The lowest BCUT2D eigenvalue weighted by atomic mass is 9.69. The number of benzene rings is 3. The molecule has 2 bridgehead atoms. The summed E-state index contributed by atoms with van der Waals surface area (Å²) >= 11 is 3.54. The minimum atomic E-state index is -3.74. The van der Waals surface area contributed by atoms with Gasteiger partial charge in [-0.15, -0.1) is 0 Å². The quantitative estimate of drug-likeness (QED) is 0.312. The number of halogens is 1. The molecular weight excluding hydrogens is 584 g/mol. The highest BCUT2D eigenvalue weighted by Gasteiger charge is 2.72. The molecule has 210 valence electrons. The molecule has 40 heavy (non-hydrogen) atoms. The molecule has 1 heterocycles. The molecule has 2 saturated carbocycles. The molecule has 2 aliphatic carbocycles. The molecule has 1 N–H and O–H groups in total. The van der Waals surface area contributed by atoms with Crippen molar-refractivity contribution in [2.45, 2.75) is 58.2 Å². The first-order valence-corrected chi connectivity index (χ1v) is 16.7. The van der Waals surface area contributed by atoms with Crippen LogP contribution in [-0.4, -0.2) is 30.4 Å². The molecule has 1 amide bonds. The van der Waals surface area contributed by atoms with E-state index in [0.29, 0.717) is 18.9 Å². The Kier molecular flexibility index (Phi) is 7.21. The van der Waals surface area contributed by atoms with Crippen molar-refractivity contribution in [3.05, 3.63) is 106 Å². The Balaban J connectivity index is 1.41. The number of fused-ring (bicyclic) bond motifs is 1. The molecular formula is C33H37BrN2O3S. The Labute approximate surface area is 246 Å². The van der Waals surface area contributed by atoms with E-state index < -0.39 is 15.9 Å². The van der Waals surface area contributed by atoms with Gasteiger partial charge < -0.3 is 5.32 Å². The average molecular weight is 622 g/mol. The van der Waals surface area contributed by atoms with Gasteiger partial charge in [-0.2, -0.15) is 0 Å². The molecule has 0 aromatic heterocycles. The van der Waals surface area contributed by atoms with Crippen LogP contribution in [0.2, 0.25) is 0 Å². The van der Waals surface area contributed by atoms with Crippen molar-refractivity contribution in [2.24, 2.45) is 22.7 Å². The van der Waals surface area contributed by atoms with Crippen molar-refractivity contribution >= 4 is 31.9 Å². The number of hydrogen-bond acceptors (Lipinski definition) is 4. The minimum Gasteiger partial charge on any atom is -0.305 e. The van der Waals surface area contributed by atoms with Crippen LogP contribution in [0, 0.1) is 22.7 Å². The van der Waals surface area contributed by atoms with E-state index in [0.717, 1.165) is 40.4 Å². The first-order chi connectivity index (χ1) is 19.1. The third kappa shape index (κ3) is 4.64. The normalized spacial score (nSPS) is 27.3. The molecule has 7 heteroatoms. The van der Waals surface area contributed by atoms with Gasteiger partial charge in [0.2, 0.25) is 15.9 Å². The van der Waals surface area contributed by atoms with Crippen LogP contribution in [0.15, 0.2) is 89.4 Å². The summed E-state index contributed by atoms with van der Waals surface area (Å²) in [5, 5.41) is 3.67. The Morgan fingerprint density at radius 3 is 2.23 bits per heavy atom. The molecule has 6 rings (SSSR count). The second-order valence-corrected chi connectivity index (χ2v) is 15.2. The highest BCUT2D eigenvalue weighted by molar-refractivity contribution is 9.10. The molecule has 5 unspecified atom stereocenters. The summed E-state index contributed by atoms with van der Waals surface area (Å²) in [4.78, 5) is 14.8. The van der Waals surface area contributed by atoms with E-state index in [4.69, 9.17) is 0 Å². The number of carbonyl (C=O) groups is 1. The topological polar surface area (TPSA) is 66.5 Å². The van der Waals surface area contributed by atoms with Gasteiger partial charge in [0.15, 0.2) is 0 Å². The van der Waals surface area contributed by atoms with Gasteiger partial charge in [0, 0.05) is 22.5 Å². The highest BCUT2D eigenvalue weighted by atomic mass is 79.9. The summed E-state index contributed by atoms with van der Waals surface area (Å²) < 4.78 is 30.1. The smallest absolute Gasteiger partial charge is 0.241 e. The molecule has 3 aromatic carbocycles. The van der Waals surface area contributed by atoms with Crippen LogP contribution in [-0.2, 0) is 27.8 Å². The Morgan fingerprint density at radius 2 is 1.60 bits per heavy atom. The fourth-order valence-corrected chi connectivity index (χ4v) is 10.8. The summed E-state index contributed by atoms with van der Waals surface area (Å²) in [6.45, 7) is 5.01. The minimum absolute atomic E-state index is 0.0817. The maximum atomic E-state index is 14.8. The summed E-state index contributed by atoms with van der Waals surface area (Å²) in [7, 11) is -3.74. The third-order valence-electron chi connectivity index (χ3n) is 10.2. The molecule has 1 aliphatic heterocycles. The van der Waals surface area contributed by atoms with E-state index in [1.165, 1.54) is 4.31 Å². The SMILES string of the molecule is CC1(C)C2CCC13CS(=O)(=O)N(C(=O)C(Cc1ccccc1)C(NCc1ccccc1)c1ccc(Br)cc1)C3C2. The van der Waals surface area contributed by atoms with Crippen molar-refractivity contribution in [2.75, 3.05) is 5.75 Å². The van der Waals surface area contributed by atoms with Gasteiger partial charge >= 0.3 is 0 Å². The fourth-order valence-electron chi connectivity index (χ4n) is 7.94. The molecule has 1 spiro atoms. The first kappa shape index (κ1) is 27.7. The summed E-state index contributed by atoms with van der Waals surface area (Å²) in [5.74, 6) is -0.338. The van der Waals surface area contributed by atoms with Gasteiger partial charge in [-0.3, -0.25) is 4.79 Å².